The fourth-order valence-electron chi connectivity index (χ4n) is 3.45. The Bertz CT molecular complexity index is 1030. The molecule has 1 aliphatic heterocycles. The monoisotopic (exact) mass is 446 g/mol. The first-order valence-corrected chi connectivity index (χ1v) is 10.7. The van der Waals surface area contributed by atoms with Crippen molar-refractivity contribution >= 4 is 32.6 Å². The highest BCUT2D eigenvalue weighted by Gasteiger charge is 2.28. The maximum atomic E-state index is 13.9. The first-order chi connectivity index (χ1) is 15.1. The van der Waals surface area contributed by atoms with Crippen LogP contribution in [0, 0.1) is 5.82 Å². The topological polar surface area (TPSA) is 70.1 Å². The SMILES string of the molecule is COc1ccc(OC)c2sc(N(C[C@H]3CCCO3)C(=O)COc3ccccc3F)nc12. The number of hydrogen-bond acceptors (Lipinski definition) is 7. The second-order valence-corrected chi connectivity index (χ2v) is 7.98. The number of halogens is 1. The minimum Gasteiger partial charge on any atom is -0.495 e. The van der Waals surface area contributed by atoms with Crippen molar-refractivity contribution in [3.8, 4) is 17.2 Å². The molecular weight excluding hydrogens is 423 g/mol. The number of methoxy groups -OCH3 is 2. The molecule has 31 heavy (non-hydrogen) atoms. The lowest BCUT2D eigenvalue weighted by Gasteiger charge is -2.23. The first-order valence-electron chi connectivity index (χ1n) is 9.91. The Hall–Kier alpha value is -2.91. The molecular formula is C22H23FN2O5S. The highest BCUT2D eigenvalue weighted by molar-refractivity contribution is 7.22. The van der Waals surface area contributed by atoms with E-state index in [9.17, 15) is 9.18 Å². The van der Waals surface area contributed by atoms with Crippen molar-refractivity contribution in [1.29, 1.82) is 0 Å². The van der Waals surface area contributed by atoms with E-state index in [0.29, 0.717) is 35.3 Å². The summed E-state index contributed by atoms with van der Waals surface area (Å²) in [5.41, 5.74) is 0.613. The Morgan fingerprint density at radius 1 is 1.19 bits per heavy atom. The highest BCUT2D eigenvalue weighted by Crippen LogP contribution is 2.40. The van der Waals surface area contributed by atoms with Gasteiger partial charge in [-0.3, -0.25) is 9.69 Å². The van der Waals surface area contributed by atoms with E-state index < -0.39 is 5.82 Å². The number of hydrogen-bond donors (Lipinski definition) is 0. The zero-order chi connectivity index (χ0) is 21.8. The Morgan fingerprint density at radius 2 is 1.97 bits per heavy atom. The van der Waals surface area contributed by atoms with Crippen LogP contribution < -0.4 is 19.1 Å². The van der Waals surface area contributed by atoms with Gasteiger partial charge >= 0.3 is 0 Å². The average Bonchev–Trinajstić information content (AvgIpc) is 3.46. The summed E-state index contributed by atoms with van der Waals surface area (Å²) in [5.74, 6) is 0.406. The maximum Gasteiger partial charge on any atom is 0.266 e. The van der Waals surface area contributed by atoms with Crippen LogP contribution in [0.1, 0.15) is 12.8 Å². The number of carbonyl (C=O) groups excluding carboxylic acids is 1. The van der Waals surface area contributed by atoms with Gasteiger partial charge < -0.3 is 18.9 Å². The number of carbonyl (C=O) groups is 1. The van der Waals surface area contributed by atoms with Crippen molar-refractivity contribution in [3.63, 3.8) is 0 Å². The second kappa shape index (κ2) is 9.49. The summed E-state index contributed by atoms with van der Waals surface area (Å²) in [6.45, 7) is 0.682. The van der Waals surface area contributed by atoms with Gasteiger partial charge in [0.15, 0.2) is 23.3 Å². The van der Waals surface area contributed by atoms with E-state index in [0.717, 1.165) is 17.5 Å². The molecule has 0 unspecified atom stereocenters. The molecule has 9 heteroatoms. The third-order valence-corrected chi connectivity index (χ3v) is 6.12. The van der Waals surface area contributed by atoms with E-state index in [-0.39, 0.29) is 24.4 Å². The van der Waals surface area contributed by atoms with Crippen LogP contribution in [0.15, 0.2) is 36.4 Å². The number of ether oxygens (including phenoxy) is 4. The van der Waals surface area contributed by atoms with Crippen molar-refractivity contribution in [2.75, 3.05) is 38.9 Å². The van der Waals surface area contributed by atoms with Gasteiger partial charge in [-0.25, -0.2) is 9.37 Å². The average molecular weight is 447 g/mol. The van der Waals surface area contributed by atoms with Crippen LogP contribution in [0.2, 0.25) is 0 Å². The molecule has 0 radical (unpaired) electrons. The van der Waals surface area contributed by atoms with Gasteiger partial charge in [-0.15, -0.1) is 0 Å². The molecule has 0 saturated carbocycles. The van der Waals surface area contributed by atoms with Crippen LogP contribution in [0.3, 0.4) is 0 Å². The standard InChI is InChI=1S/C22H23FN2O5S/c1-27-17-9-10-18(28-2)21-20(17)24-22(31-21)25(12-14-6-5-11-29-14)19(26)13-30-16-8-4-3-7-15(16)23/h3-4,7-10,14H,5-6,11-13H2,1-2H3/t14-/m1/s1. The number of para-hydroxylation sites is 1. The predicted octanol–water partition coefficient (Wildman–Crippen LogP) is 4.04. The van der Waals surface area contributed by atoms with E-state index in [1.807, 2.05) is 0 Å². The molecule has 1 saturated heterocycles. The number of benzene rings is 2. The lowest BCUT2D eigenvalue weighted by molar-refractivity contribution is -0.121. The number of anilines is 1. The quantitative estimate of drug-likeness (QED) is 0.520. The molecule has 2 aromatic carbocycles. The van der Waals surface area contributed by atoms with E-state index in [1.165, 1.54) is 23.5 Å². The van der Waals surface area contributed by atoms with Gasteiger partial charge in [0.05, 0.1) is 26.9 Å². The fraction of sp³-hybridized carbons (Fsp3) is 0.364. The second-order valence-electron chi connectivity index (χ2n) is 7.00. The molecule has 0 N–H and O–H groups in total. The molecule has 4 rings (SSSR count). The van der Waals surface area contributed by atoms with Gasteiger partial charge in [-0.1, -0.05) is 23.5 Å². The third kappa shape index (κ3) is 4.57. The minimum atomic E-state index is -0.518. The summed E-state index contributed by atoms with van der Waals surface area (Å²) in [5, 5.41) is 0.482. The lowest BCUT2D eigenvalue weighted by Crippen LogP contribution is -2.40. The summed E-state index contributed by atoms with van der Waals surface area (Å²) >= 11 is 1.33. The van der Waals surface area contributed by atoms with Crippen molar-refractivity contribution in [2.24, 2.45) is 0 Å². The Labute approximate surface area is 183 Å². The smallest absolute Gasteiger partial charge is 0.266 e. The molecule has 164 valence electrons. The minimum absolute atomic E-state index is 0.0283. The summed E-state index contributed by atoms with van der Waals surface area (Å²) in [4.78, 5) is 19.3. The normalized spacial score (nSPS) is 15.8. The first kappa shape index (κ1) is 21.3. The van der Waals surface area contributed by atoms with Gasteiger partial charge in [-0.05, 0) is 37.1 Å². The van der Waals surface area contributed by atoms with Crippen molar-refractivity contribution < 1.29 is 28.1 Å². The van der Waals surface area contributed by atoms with E-state index >= 15 is 0 Å². The Kier molecular flexibility index (Phi) is 6.53. The highest BCUT2D eigenvalue weighted by atomic mass is 32.1. The molecule has 1 atom stereocenters. The maximum absolute atomic E-state index is 13.9. The summed E-state index contributed by atoms with van der Waals surface area (Å²) < 4.78 is 36.7. The molecule has 0 spiro atoms. The number of amides is 1. The van der Waals surface area contributed by atoms with Gasteiger partial charge in [-0.2, -0.15) is 0 Å². The lowest BCUT2D eigenvalue weighted by atomic mass is 10.2. The Morgan fingerprint density at radius 3 is 2.68 bits per heavy atom. The van der Waals surface area contributed by atoms with Crippen molar-refractivity contribution in [3.05, 3.63) is 42.2 Å². The van der Waals surface area contributed by atoms with E-state index in [2.05, 4.69) is 4.98 Å². The van der Waals surface area contributed by atoms with Crippen molar-refractivity contribution in [1.82, 2.24) is 4.98 Å². The molecule has 0 aliphatic carbocycles. The molecule has 1 amide bonds. The van der Waals surface area contributed by atoms with E-state index in [1.54, 1.807) is 43.4 Å². The number of nitrogens with zero attached hydrogens (tertiary/aromatic N) is 2. The predicted molar refractivity (Wildman–Crippen MR) is 116 cm³/mol. The molecule has 2 heterocycles. The fourth-order valence-corrected chi connectivity index (χ4v) is 4.55. The number of thiazole rings is 1. The molecule has 7 nitrogen and oxygen atoms in total. The summed E-state index contributed by atoms with van der Waals surface area (Å²) in [6, 6.07) is 9.57. The van der Waals surface area contributed by atoms with Gasteiger partial charge in [0.25, 0.3) is 5.91 Å². The van der Waals surface area contributed by atoms with Crippen LogP contribution in [0.5, 0.6) is 17.2 Å². The van der Waals surface area contributed by atoms with Gasteiger partial charge in [0.2, 0.25) is 0 Å². The van der Waals surface area contributed by atoms with Crippen LogP contribution >= 0.6 is 11.3 Å². The van der Waals surface area contributed by atoms with Crippen LogP contribution in [-0.4, -0.2) is 51.0 Å². The third-order valence-electron chi connectivity index (χ3n) is 5.03. The van der Waals surface area contributed by atoms with Crippen LogP contribution in [0.25, 0.3) is 10.2 Å². The zero-order valence-corrected chi connectivity index (χ0v) is 18.1. The number of fused-ring (bicyclic) bond motifs is 1. The van der Waals surface area contributed by atoms with Crippen LogP contribution in [0.4, 0.5) is 9.52 Å². The zero-order valence-electron chi connectivity index (χ0n) is 17.3. The molecule has 1 fully saturated rings. The van der Waals surface area contributed by atoms with Gasteiger partial charge in [0, 0.05) is 6.61 Å². The van der Waals surface area contributed by atoms with E-state index in [4.69, 9.17) is 18.9 Å². The largest absolute Gasteiger partial charge is 0.495 e. The molecule has 0 bridgehead atoms. The summed E-state index contributed by atoms with van der Waals surface area (Å²) in [6.07, 6.45) is 1.71. The molecule has 3 aromatic rings. The van der Waals surface area contributed by atoms with Crippen molar-refractivity contribution in [2.45, 2.75) is 18.9 Å². The molecule has 1 aromatic heterocycles. The number of rotatable bonds is 8. The number of aromatic nitrogens is 1. The summed E-state index contributed by atoms with van der Waals surface area (Å²) in [7, 11) is 3.15. The Balaban J connectivity index is 1.64. The van der Waals surface area contributed by atoms with Crippen LogP contribution in [-0.2, 0) is 9.53 Å². The molecule has 1 aliphatic rings. The van der Waals surface area contributed by atoms with Gasteiger partial charge in [0.1, 0.15) is 21.7 Å².